The van der Waals surface area contributed by atoms with Gasteiger partial charge < -0.3 is 19.9 Å². The molecule has 2 aromatic carbocycles. The Labute approximate surface area is 157 Å². The number of benzene rings is 2. The molecule has 140 valence electrons. The summed E-state index contributed by atoms with van der Waals surface area (Å²) in [6.07, 6.45) is -0.502. The van der Waals surface area contributed by atoms with Crippen LogP contribution in [0.25, 0.3) is 11.1 Å². The van der Waals surface area contributed by atoms with Gasteiger partial charge >= 0.3 is 12.1 Å². The molecule has 0 bridgehead atoms. The van der Waals surface area contributed by atoms with Gasteiger partial charge in [-0.1, -0.05) is 48.5 Å². The highest BCUT2D eigenvalue weighted by Crippen LogP contribution is 2.44. The fourth-order valence-electron chi connectivity index (χ4n) is 3.88. The Morgan fingerprint density at radius 3 is 2.26 bits per heavy atom. The van der Waals surface area contributed by atoms with Gasteiger partial charge in [0, 0.05) is 12.5 Å². The molecule has 1 heterocycles. The fourth-order valence-corrected chi connectivity index (χ4v) is 3.88. The zero-order valence-corrected chi connectivity index (χ0v) is 14.8. The van der Waals surface area contributed by atoms with E-state index < -0.39 is 18.2 Å². The maximum atomic E-state index is 12.1. The smallest absolute Gasteiger partial charge is 0.407 e. The van der Waals surface area contributed by atoms with Crippen LogP contribution in [-0.2, 0) is 14.3 Å². The number of ether oxygens (including phenoxy) is 2. The third-order valence-corrected chi connectivity index (χ3v) is 5.20. The molecule has 1 aliphatic carbocycles. The molecular weight excluding hydrogens is 346 g/mol. The number of carbonyl (C=O) groups excluding carboxylic acids is 1. The minimum absolute atomic E-state index is 0.0160. The lowest BCUT2D eigenvalue weighted by Crippen LogP contribution is -2.34. The zero-order chi connectivity index (χ0) is 18.8. The number of hydrogen-bond donors (Lipinski definition) is 2. The number of hydrogen-bond acceptors (Lipinski definition) is 4. The van der Waals surface area contributed by atoms with Crippen molar-refractivity contribution < 1.29 is 24.2 Å². The molecule has 2 N–H and O–H groups in total. The van der Waals surface area contributed by atoms with Gasteiger partial charge in [0.15, 0.2) is 6.10 Å². The standard InChI is InChI=1S/C21H21NO5/c23-20(24)19-10-9-13(27-19)11-22-21(25)26-12-18-16-7-3-1-5-14(16)15-6-2-4-8-17(15)18/h1-8,13,18-19H,9-12H2,(H,22,25)(H,23,24)/t13-,19+/m1/s1. The van der Waals surface area contributed by atoms with Crippen LogP contribution in [0.3, 0.4) is 0 Å². The first kappa shape index (κ1) is 17.5. The third-order valence-electron chi connectivity index (χ3n) is 5.20. The van der Waals surface area contributed by atoms with Crippen molar-refractivity contribution in [2.75, 3.05) is 13.2 Å². The predicted molar refractivity (Wildman–Crippen MR) is 98.6 cm³/mol. The molecule has 0 spiro atoms. The highest BCUT2D eigenvalue weighted by Gasteiger charge is 2.31. The fraction of sp³-hybridized carbons (Fsp3) is 0.333. The molecule has 0 aromatic heterocycles. The van der Waals surface area contributed by atoms with Gasteiger partial charge in [-0.2, -0.15) is 0 Å². The molecule has 1 aliphatic heterocycles. The maximum Gasteiger partial charge on any atom is 0.407 e. The number of amides is 1. The normalized spacial score (nSPS) is 20.7. The minimum atomic E-state index is -0.960. The second-order valence-electron chi connectivity index (χ2n) is 6.87. The quantitative estimate of drug-likeness (QED) is 0.848. The average Bonchev–Trinajstić information content (AvgIpc) is 3.28. The molecule has 2 atom stereocenters. The molecule has 2 aliphatic rings. The molecule has 0 radical (unpaired) electrons. The summed E-state index contributed by atoms with van der Waals surface area (Å²) >= 11 is 0. The number of aliphatic carboxylic acids is 1. The van der Waals surface area contributed by atoms with E-state index in [-0.39, 0.29) is 25.2 Å². The van der Waals surface area contributed by atoms with E-state index in [4.69, 9.17) is 14.6 Å². The summed E-state index contributed by atoms with van der Waals surface area (Å²) in [5.41, 5.74) is 4.69. The van der Waals surface area contributed by atoms with Crippen molar-refractivity contribution in [2.45, 2.75) is 31.0 Å². The Bertz CT molecular complexity index is 820. The van der Waals surface area contributed by atoms with Crippen LogP contribution in [0.5, 0.6) is 0 Å². The van der Waals surface area contributed by atoms with Crippen LogP contribution in [0.1, 0.15) is 29.9 Å². The summed E-state index contributed by atoms with van der Waals surface area (Å²) in [6, 6.07) is 16.3. The zero-order valence-electron chi connectivity index (χ0n) is 14.8. The van der Waals surface area contributed by atoms with Crippen molar-refractivity contribution in [2.24, 2.45) is 0 Å². The first-order chi connectivity index (χ1) is 13.1. The second-order valence-corrected chi connectivity index (χ2v) is 6.87. The Balaban J connectivity index is 1.34. The topological polar surface area (TPSA) is 84.9 Å². The van der Waals surface area contributed by atoms with Gasteiger partial charge in [0.2, 0.25) is 0 Å². The number of carboxylic acid groups (broad SMARTS) is 1. The number of alkyl carbamates (subject to hydrolysis) is 1. The first-order valence-electron chi connectivity index (χ1n) is 9.10. The van der Waals surface area contributed by atoms with E-state index in [1.54, 1.807) is 0 Å². The van der Waals surface area contributed by atoms with Crippen LogP contribution in [-0.4, -0.2) is 42.5 Å². The summed E-state index contributed by atoms with van der Waals surface area (Å²) in [6.45, 7) is 0.504. The second kappa shape index (κ2) is 7.40. The SMILES string of the molecule is O=C(NC[C@H]1CC[C@@H](C(=O)O)O1)OCC1c2ccccc2-c2ccccc21. The highest BCUT2D eigenvalue weighted by molar-refractivity contribution is 5.79. The molecule has 0 saturated carbocycles. The van der Waals surface area contributed by atoms with Crippen LogP contribution in [0.2, 0.25) is 0 Å². The van der Waals surface area contributed by atoms with Crippen molar-refractivity contribution >= 4 is 12.1 Å². The highest BCUT2D eigenvalue weighted by atomic mass is 16.6. The first-order valence-corrected chi connectivity index (χ1v) is 9.10. The molecule has 2 aromatic rings. The van der Waals surface area contributed by atoms with E-state index in [0.717, 1.165) is 11.1 Å². The van der Waals surface area contributed by atoms with Gasteiger partial charge in [0.1, 0.15) is 6.61 Å². The number of fused-ring (bicyclic) bond motifs is 3. The van der Waals surface area contributed by atoms with Crippen LogP contribution in [0, 0.1) is 0 Å². The van der Waals surface area contributed by atoms with Crippen LogP contribution in [0.15, 0.2) is 48.5 Å². The van der Waals surface area contributed by atoms with E-state index >= 15 is 0 Å². The lowest BCUT2D eigenvalue weighted by Gasteiger charge is -2.16. The van der Waals surface area contributed by atoms with Gasteiger partial charge in [0.25, 0.3) is 0 Å². The molecule has 1 amide bonds. The number of carboxylic acids is 1. The molecular formula is C21H21NO5. The lowest BCUT2D eigenvalue weighted by atomic mass is 9.98. The van der Waals surface area contributed by atoms with E-state index in [2.05, 4.69) is 29.6 Å². The van der Waals surface area contributed by atoms with Crippen LogP contribution >= 0.6 is 0 Å². The molecule has 0 unspecified atom stereocenters. The van der Waals surface area contributed by atoms with Gasteiger partial charge in [-0.05, 0) is 35.1 Å². The van der Waals surface area contributed by atoms with Crippen LogP contribution in [0.4, 0.5) is 4.79 Å². The Kier molecular flexibility index (Phi) is 4.81. The Morgan fingerprint density at radius 2 is 1.67 bits per heavy atom. The monoisotopic (exact) mass is 367 g/mol. The summed E-state index contributed by atoms with van der Waals surface area (Å²) in [7, 11) is 0. The average molecular weight is 367 g/mol. The minimum Gasteiger partial charge on any atom is -0.479 e. The molecule has 27 heavy (non-hydrogen) atoms. The van der Waals surface area contributed by atoms with E-state index in [1.165, 1.54) is 11.1 Å². The number of rotatable bonds is 5. The van der Waals surface area contributed by atoms with Gasteiger partial charge in [-0.25, -0.2) is 9.59 Å². The van der Waals surface area contributed by atoms with Gasteiger partial charge in [-0.15, -0.1) is 0 Å². The number of carbonyl (C=O) groups is 2. The summed E-state index contributed by atoms with van der Waals surface area (Å²) in [5.74, 6) is -0.944. The number of nitrogens with one attached hydrogen (secondary N) is 1. The summed E-state index contributed by atoms with van der Waals surface area (Å²) < 4.78 is 10.8. The van der Waals surface area contributed by atoms with Gasteiger partial charge in [-0.3, -0.25) is 0 Å². The molecule has 4 rings (SSSR count). The van der Waals surface area contributed by atoms with E-state index in [1.807, 2.05) is 24.3 Å². The van der Waals surface area contributed by atoms with Gasteiger partial charge in [0.05, 0.1) is 6.10 Å². The predicted octanol–water partition coefficient (Wildman–Crippen LogP) is 3.16. The van der Waals surface area contributed by atoms with Crippen molar-refractivity contribution in [3.05, 3.63) is 59.7 Å². The lowest BCUT2D eigenvalue weighted by molar-refractivity contribution is -0.149. The largest absolute Gasteiger partial charge is 0.479 e. The summed E-state index contributed by atoms with van der Waals surface area (Å²) in [4.78, 5) is 23.0. The van der Waals surface area contributed by atoms with Crippen molar-refractivity contribution in [3.8, 4) is 11.1 Å². The van der Waals surface area contributed by atoms with Crippen LogP contribution < -0.4 is 5.32 Å². The molecule has 6 nitrogen and oxygen atoms in total. The Hall–Kier alpha value is -2.86. The van der Waals surface area contributed by atoms with E-state index in [0.29, 0.717) is 12.8 Å². The van der Waals surface area contributed by atoms with Crippen molar-refractivity contribution in [3.63, 3.8) is 0 Å². The van der Waals surface area contributed by atoms with Crippen molar-refractivity contribution in [1.82, 2.24) is 5.32 Å². The Morgan fingerprint density at radius 1 is 1.04 bits per heavy atom. The van der Waals surface area contributed by atoms with Crippen molar-refractivity contribution in [1.29, 1.82) is 0 Å². The van der Waals surface area contributed by atoms with E-state index in [9.17, 15) is 9.59 Å². The molecule has 1 fully saturated rings. The summed E-state index contributed by atoms with van der Waals surface area (Å²) in [5, 5.41) is 11.6. The third kappa shape index (κ3) is 3.53. The molecule has 1 saturated heterocycles. The molecule has 6 heteroatoms. The maximum absolute atomic E-state index is 12.1.